The molecule has 3 rings (SSSR count). The van der Waals surface area contributed by atoms with Crippen LogP contribution in [0.2, 0.25) is 5.02 Å². The van der Waals surface area contributed by atoms with Gasteiger partial charge in [0.2, 0.25) is 0 Å². The highest BCUT2D eigenvalue weighted by Gasteiger charge is 2.25. The van der Waals surface area contributed by atoms with Gasteiger partial charge in [0.15, 0.2) is 11.7 Å². The Morgan fingerprint density at radius 2 is 2.23 bits per heavy atom. The van der Waals surface area contributed by atoms with E-state index in [1.807, 2.05) is 26.0 Å². The molecule has 3 N–H and O–H groups in total. The van der Waals surface area contributed by atoms with Crippen LogP contribution in [0, 0.1) is 6.92 Å². The highest BCUT2D eigenvalue weighted by atomic mass is 127. The molecule has 1 amide bonds. The van der Waals surface area contributed by atoms with Crippen LogP contribution in [0.4, 0.5) is 5.82 Å². The van der Waals surface area contributed by atoms with Crippen molar-refractivity contribution in [2.24, 2.45) is 4.99 Å². The summed E-state index contributed by atoms with van der Waals surface area (Å²) in [4.78, 5) is 23.3. The fourth-order valence-corrected chi connectivity index (χ4v) is 3.59. The topological polar surface area (TPSA) is 94.8 Å². The van der Waals surface area contributed by atoms with Gasteiger partial charge in [0.05, 0.1) is 11.3 Å². The molecule has 3 heterocycles. The maximum Gasteiger partial charge on any atom is 0.287 e. The van der Waals surface area contributed by atoms with Crippen LogP contribution >= 0.6 is 35.6 Å². The molecule has 1 aliphatic rings. The van der Waals surface area contributed by atoms with Gasteiger partial charge in [-0.1, -0.05) is 11.6 Å². The SMILES string of the molecule is CCNC(=NCCCNC(=O)c1occc1C)NC1CCN(c2ncccc2Cl)C1.I. The molecule has 2 aromatic heterocycles. The van der Waals surface area contributed by atoms with Crippen LogP contribution in [0.15, 0.2) is 40.1 Å². The molecule has 1 unspecified atom stereocenters. The van der Waals surface area contributed by atoms with E-state index in [-0.39, 0.29) is 35.9 Å². The minimum Gasteiger partial charge on any atom is -0.459 e. The minimum atomic E-state index is -0.189. The third-order valence-electron chi connectivity index (χ3n) is 4.87. The maximum absolute atomic E-state index is 12.0. The second-order valence-corrected chi connectivity index (χ2v) is 7.59. The lowest BCUT2D eigenvalue weighted by Crippen LogP contribution is -2.44. The number of hydrogen-bond acceptors (Lipinski definition) is 5. The molecule has 0 aromatic carbocycles. The highest BCUT2D eigenvalue weighted by Crippen LogP contribution is 2.25. The van der Waals surface area contributed by atoms with E-state index in [4.69, 9.17) is 16.0 Å². The first-order valence-corrected chi connectivity index (χ1v) is 10.7. The van der Waals surface area contributed by atoms with E-state index in [9.17, 15) is 4.79 Å². The molecule has 0 radical (unpaired) electrons. The molecule has 10 heteroatoms. The number of aromatic nitrogens is 1. The molecule has 1 aliphatic heterocycles. The molecule has 1 atom stereocenters. The predicted octanol–water partition coefficient (Wildman–Crippen LogP) is 3.21. The summed E-state index contributed by atoms with van der Waals surface area (Å²) in [6.07, 6.45) is 5.01. The number of halogens is 2. The molecule has 2 aromatic rings. The summed E-state index contributed by atoms with van der Waals surface area (Å²) in [5.74, 6) is 1.79. The maximum atomic E-state index is 12.0. The van der Waals surface area contributed by atoms with Gasteiger partial charge in [0, 0.05) is 50.5 Å². The van der Waals surface area contributed by atoms with Crippen molar-refractivity contribution >= 4 is 53.3 Å². The largest absolute Gasteiger partial charge is 0.459 e. The Morgan fingerprint density at radius 1 is 1.39 bits per heavy atom. The van der Waals surface area contributed by atoms with Crippen LogP contribution < -0.4 is 20.9 Å². The van der Waals surface area contributed by atoms with Crippen LogP contribution in [-0.4, -0.2) is 55.6 Å². The number of nitrogens with one attached hydrogen (secondary N) is 3. The number of rotatable bonds is 8. The van der Waals surface area contributed by atoms with Crippen LogP contribution in [0.3, 0.4) is 0 Å². The lowest BCUT2D eigenvalue weighted by atomic mass is 10.2. The number of nitrogens with zero attached hydrogens (tertiary/aromatic N) is 3. The van der Waals surface area contributed by atoms with Gasteiger partial charge in [-0.15, -0.1) is 24.0 Å². The zero-order valence-electron chi connectivity index (χ0n) is 17.9. The number of hydrogen-bond donors (Lipinski definition) is 3. The van der Waals surface area contributed by atoms with Crippen LogP contribution in [0.25, 0.3) is 0 Å². The van der Waals surface area contributed by atoms with E-state index in [1.54, 1.807) is 12.3 Å². The summed E-state index contributed by atoms with van der Waals surface area (Å²) in [7, 11) is 0. The number of amides is 1. The summed E-state index contributed by atoms with van der Waals surface area (Å²) < 4.78 is 5.20. The van der Waals surface area contributed by atoms with Gasteiger partial charge >= 0.3 is 0 Å². The number of carbonyl (C=O) groups is 1. The summed E-state index contributed by atoms with van der Waals surface area (Å²) in [6.45, 7) is 7.53. The third-order valence-corrected chi connectivity index (χ3v) is 5.17. The van der Waals surface area contributed by atoms with Crippen molar-refractivity contribution < 1.29 is 9.21 Å². The van der Waals surface area contributed by atoms with E-state index < -0.39 is 0 Å². The molecular formula is C21H30ClIN6O2. The number of aryl methyl sites for hydroxylation is 1. The van der Waals surface area contributed by atoms with E-state index >= 15 is 0 Å². The second-order valence-electron chi connectivity index (χ2n) is 7.19. The van der Waals surface area contributed by atoms with E-state index in [2.05, 4.69) is 30.8 Å². The average molecular weight is 561 g/mol. The van der Waals surface area contributed by atoms with Gasteiger partial charge in [0.1, 0.15) is 5.82 Å². The van der Waals surface area contributed by atoms with Gasteiger partial charge < -0.3 is 25.3 Å². The fourth-order valence-electron chi connectivity index (χ4n) is 3.35. The van der Waals surface area contributed by atoms with Gasteiger partial charge in [-0.05, 0) is 44.9 Å². The number of aliphatic imine (C=N–C) groups is 1. The standard InChI is InChI=1S/C21H29ClN6O2.HI/c1-3-23-21(26-11-5-10-25-20(29)18-15(2)8-13-30-18)27-16-7-12-28(14-16)19-17(22)6-4-9-24-19;/h4,6,8-9,13,16H,3,5,7,10-12,14H2,1-2H3,(H,25,29)(H2,23,26,27);1H. The second kappa shape index (κ2) is 12.7. The van der Waals surface area contributed by atoms with Crippen LogP contribution in [-0.2, 0) is 0 Å². The number of furan rings is 1. The number of pyridine rings is 1. The average Bonchev–Trinajstić information content (AvgIpc) is 3.37. The minimum absolute atomic E-state index is 0. The summed E-state index contributed by atoms with van der Waals surface area (Å²) >= 11 is 6.27. The molecule has 170 valence electrons. The van der Waals surface area contributed by atoms with Crippen molar-refractivity contribution in [3.05, 3.63) is 47.0 Å². The zero-order chi connectivity index (χ0) is 21.3. The smallest absolute Gasteiger partial charge is 0.287 e. The Labute approximate surface area is 205 Å². The molecule has 0 bridgehead atoms. The van der Waals surface area contributed by atoms with Crippen molar-refractivity contribution in [3.63, 3.8) is 0 Å². The van der Waals surface area contributed by atoms with Crippen molar-refractivity contribution in [1.29, 1.82) is 0 Å². The quantitative estimate of drug-likeness (QED) is 0.199. The van der Waals surface area contributed by atoms with Gasteiger partial charge in [-0.2, -0.15) is 0 Å². The summed E-state index contributed by atoms with van der Waals surface area (Å²) in [6, 6.07) is 5.75. The van der Waals surface area contributed by atoms with Gasteiger partial charge in [-0.3, -0.25) is 9.79 Å². The number of guanidine groups is 1. The zero-order valence-corrected chi connectivity index (χ0v) is 20.9. The fraction of sp³-hybridized carbons (Fsp3) is 0.476. The van der Waals surface area contributed by atoms with Crippen molar-refractivity contribution in [2.45, 2.75) is 32.7 Å². The van der Waals surface area contributed by atoms with E-state index in [0.29, 0.717) is 23.9 Å². The molecular weight excluding hydrogens is 531 g/mol. The molecule has 1 fully saturated rings. The van der Waals surface area contributed by atoms with Crippen molar-refractivity contribution in [1.82, 2.24) is 20.9 Å². The van der Waals surface area contributed by atoms with Gasteiger partial charge in [-0.25, -0.2) is 4.98 Å². The monoisotopic (exact) mass is 560 g/mol. The predicted molar refractivity (Wildman–Crippen MR) is 135 cm³/mol. The van der Waals surface area contributed by atoms with Crippen LogP contribution in [0.5, 0.6) is 0 Å². The Morgan fingerprint density at radius 3 is 2.94 bits per heavy atom. The lowest BCUT2D eigenvalue weighted by molar-refractivity contribution is 0.0925. The number of carbonyl (C=O) groups excluding carboxylic acids is 1. The molecule has 31 heavy (non-hydrogen) atoms. The molecule has 8 nitrogen and oxygen atoms in total. The Hall–Kier alpha value is -2.01. The first-order valence-electron chi connectivity index (χ1n) is 10.3. The summed E-state index contributed by atoms with van der Waals surface area (Å²) in [5.41, 5.74) is 0.835. The van der Waals surface area contributed by atoms with E-state index in [1.165, 1.54) is 6.26 Å². The third kappa shape index (κ3) is 7.27. The van der Waals surface area contributed by atoms with E-state index in [0.717, 1.165) is 49.8 Å². The molecule has 1 saturated heterocycles. The lowest BCUT2D eigenvalue weighted by Gasteiger charge is -2.20. The molecule has 0 spiro atoms. The van der Waals surface area contributed by atoms with Crippen molar-refractivity contribution in [3.8, 4) is 0 Å². The normalized spacial score (nSPS) is 16.0. The van der Waals surface area contributed by atoms with Crippen LogP contribution in [0.1, 0.15) is 35.9 Å². The summed E-state index contributed by atoms with van der Waals surface area (Å²) in [5, 5.41) is 10.3. The van der Waals surface area contributed by atoms with Crippen molar-refractivity contribution in [2.75, 3.05) is 37.6 Å². The molecule has 0 aliphatic carbocycles. The Balaban J connectivity index is 0.00000341. The molecule has 0 saturated carbocycles. The highest BCUT2D eigenvalue weighted by molar-refractivity contribution is 14.0. The first-order chi connectivity index (χ1) is 14.6. The first kappa shape index (κ1) is 25.3. The number of anilines is 1. The Kier molecular flexibility index (Phi) is 10.4. The van der Waals surface area contributed by atoms with Gasteiger partial charge in [0.25, 0.3) is 5.91 Å². The Bertz CT molecular complexity index is 875.